The number of para-hydroxylation sites is 1. The number of hydrogen-bond donors (Lipinski definition) is 2. The van der Waals surface area contributed by atoms with Crippen molar-refractivity contribution in [1.29, 1.82) is 0 Å². The number of amidine groups is 2. The van der Waals surface area contributed by atoms with E-state index in [1.54, 1.807) is 0 Å². The summed E-state index contributed by atoms with van der Waals surface area (Å²) in [4.78, 5) is 21.2. The van der Waals surface area contributed by atoms with Crippen molar-refractivity contribution in [2.24, 2.45) is 9.98 Å². The summed E-state index contributed by atoms with van der Waals surface area (Å²) in [5, 5.41) is 14.1. The van der Waals surface area contributed by atoms with E-state index in [9.17, 15) is 9.90 Å². The molecule has 0 saturated carbocycles. The SMILES string of the molecule is C=CC(=O)OCCCCCCCCCCCOc1ccccc1C1(c2ccc(C)cc2C)N=C(O)NC(c2ccc(C)cc2C)=N1. The van der Waals surface area contributed by atoms with Crippen LogP contribution in [-0.4, -0.2) is 36.1 Å². The number of aryl methyl sites for hydroxylation is 4. The lowest BCUT2D eigenvalue weighted by molar-refractivity contribution is -0.137. The van der Waals surface area contributed by atoms with Crippen molar-refractivity contribution >= 4 is 17.8 Å². The zero-order valence-corrected chi connectivity index (χ0v) is 27.9. The number of nitrogens with zero attached hydrogens (tertiary/aromatic N) is 2. The van der Waals surface area contributed by atoms with E-state index in [1.807, 2.05) is 30.3 Å². The Morgan fingerprint density at radius 3 is 2.04 bits per heavy atom. The van der Waals surface area contributed by atoms with Gasteiger partial charge in [0.05, 0.1) is 13.2 Å². The molecule has 244 valence electrons. The summed E-state index contributed by atoms with van der Waals surface area (Å²) in [6.07, 6.45) is 11.2. The van der Waals surface area contributed by atoms with Gasteiger partial charge in [-0.25, -0.2) is 9.79 Å². The highest BCUT2D eigenvalue weighted by atomic mass is 16.5. The van der Waals surface area contributed by atoms with Gasteiger partial charge in [-0.05, 0) is 57.7 Å². The Hall–Kier alpha value is -4.39. The normalized spacial score (nSPS) is 15.8. The van der Waals surface area contributed by atoms with Crippen molar-refractivity contribution in [3.8, 4) is 5.75 Å². The second-order valence-corrected chi connectivity index (χ2v) is 12.2. The van der Waals surface area contributed by atoms with Gasteiger partial charge in [0.1, 0.15) is 11.6 Å². The summed E-state index contributed by atoms with van der Waals surface area (Å²) < 4.78 is 11.5. The molecular weight excluding hydrogens is 574 g/mol. The van der Waals surface area contributed by atoms with Crippen LogP contribution in [0.15, 0.2) is 83.3 Å². The Kier molecular flexibility index (Phi) is 12.6. The molecule has 0 bridgehead atoms. The van der Waals surface area contributed by atoms with E-state index < -0.39 is 5.66 Å². The molecule has 1 atom stereocenters. The van der Waals surface area contributed by atoms with Crippen molar-refractivity contribution in [2.45, 2.75) is 91.1 Å². The predicted molar refractivity (Wildman–Crippen MR) is 187 cm³/mol. The topological polar surface area (TPSA) is 92.5 Å². The lowest BCUT2D eigenvalue weighted by Crippen LogP contribution is -2.42. The summed E-state index contributed by atoms with van der Waals surface area (Å²) in [6, 6.07) is 20.2. The standard InChI is InChI=1S/C39H49N3O4/c1-6-36(43)46-25-17-13-11-9-7-8-10-12-16-24-45-35-19-15-14-18-34(35)39(33-23-21-29(3)27-31(33)5)41-37(40-38(44)42-39)32-22-20-28(2)26-30(32)4/h6,14-15,18-23,26-27H,1,7-13,16-17,24-25H2,2-5H3,(H2,40,41,42,44). The zero-order chi connectivity index (χ0) is 32.9. The van der Waals surface area contributed by atoms with E-state index in [0.29, 0.717) is 24.8 Å². The molecule has 7 heteroatoms. The molecule has 0 spiro atoms. The number of aliphatic hydroxyl groups is 1. The molecule has 3 aromatic rings. The van der Waals surface area contributed by atoms with Gasteiger partial charge in [0.25, 0.3) is 6.02 Å². The highest BCUT2D eigenvalue weighted by molar-refractivity contribution is 6.09. The fourth-order valence-electron chi connectivity index (χ4n) is 6.04. The lowest BCUT2D eigenvalue weighted by atomic mass is 9.87. The number of unbranched alkanes of at least 4 members (excludes halogenated alkanes) is 8. The number of esters is 1. The van der Waals surface area contributed by atoms with Crippen LogP contribution in [0.1, 0.15) is 96.7 Å². The van der Waals surface area contributed by atoms with Crippen LogP contribution < -0.4 is 10.1 Å². The fourth-order valence-corrected chi connectivity index (χ4v) is 6.04. The Morgan fingerprint density at radius 2 is 1.39 bits per heavy atom. The maximum Gasteiger partial charge on any atom is 0.330 e. The van der Waals surface area contributed by atoms with Crippen LogP contribution in [0.4, 0.5) is 0 Å². The van der Waals surface area contributed by atoms with Gasteiger partial charge in [0.2, 0.25) is 5.66 Å². The molecule has 46 heavy (non-hydrogen) atoms. The van der Waals surface area contributed by atoms with E-state index in [0.717, 1.165) is 71.0 Å². The number of carbonyl (C=O) groups is 1. The van der Waals surface area contributed by atoms with Gasteiger partial charge in [-0.15, -0.1) is 0 Å². The maximum atomic E-state index is 11.1. The molecule has 0 saturated heterocycles. The molecule has 1 aliphatic heterocycles. The number of hydrogen-bond acceptors (Lipinski definition) is 6. The van der Waals surface area contributed by atoms with Gasteiger partial charge in [-0.1, -0.05) is 117 Å². The van der Waals surface area contributed by atoms with Crippen LogP contribution in [0.3, 0.4) is 0 Å². The number of carbonyl (C=O) groups excluding carboxylic acids is 1. The summed E-state index contributed by atoms with van der Waals surface area (Å²) in [5.41, 5.74) is 5.76. The molecule has 1 aliphatic rings. The van der Waals surface area contributed by atoms with Crippen LogP contribution >= 0.6 is 0 Å². The van der Waals surface area contributed by atoms with Crippen molar-refractivity contribution in [1.82, 2.24) is 5.32 Å². The number of nitrogens with one attached hydrogen (secondary N) is 1. The molecule has 2 N–H and O–H groups in total. The van der Waals surface area contributed by atoms with Crippen molar-refractivity contribution in [3.63, 3.8) is 0 Å². The quantitative estimate of drug-likeness (QED) is 0.0891. The molecule has 1 unspecified atom stereocenters. The van der Waals surface area contributed by atoms with E-state index in [-0.39, 0.29) is 12.0 Å². The summed E-state index contributed by atoms with van der Waals surface area (Å²) in [7, 11) is 0. The first-order valence-electron chi connectivity index (χ1n) is 16.6. The summed E-state index contributed by atoms with van der Waals surface area (Å²) in [6.45, 7) is 12.7. The first-order valence-corrected chi connectivity index (χ1v) is 16.6. The molecule has 0 aliphatic carbocycles. The zero-order valence-electron chi connectivity index (χ0n) is 27.9. The van der Waals surface area contributed by atoms with Gasteiger partial charge in [-0.3, -0.25) is 5.32 Å². The van der Waals surface area contributed by atoms with Gasteiger partial charge < -0.3 is 14.6 Å². The predicted octanol–water partition coefficient (Wildman–Crippen LogP) is 8.70. The van der Waals surface area contributed by atoms with Crippen LogP contribution in [0.25, 0.3) is 0 Å². The Bertz CT molecular complexity index is 1560. The molecule has 3 aromatic carbocycles. The van der Waals surface area contributed by atoms with Crippen LogP contribution in [0, 0.1) is 27.7 Å². The van der Waals surface area contributed by atoms with E-state index in [1.165, 1.54) is 31.8 Å². The Morgan fingerprint density at radius 1 is 0.783 bits per heavy atom. The van der Waals surface area contributed by atoms with Gasteiger partial charge >= 0.3 is 5.97 Å². The van der Waals surface area contributed by atoms with Crippen molar-refractivity contribution in [3.05, 3.63) is 112 Å². The Balaban J connectivity index is 1.44. The monoisotopic (exact) mass is 623 g/mol. The molecule has 0 aromatic heterocycles. The molecule has 7 nitrogen and oxygen atoms in total. The summed E-state index contributed by atoms with van der Waals surface area (Å²) in [5.74, 6) is 0.933. The van der Waals surface area contributed by atoms with E-state index in [2.05, 4.69) is 69.9 Å². The fraction of sp³-hybridized carbons (Fsp3) is 0.410. The first-order chi connectivity index (χ1) is 22.2. The third-order valence-electron chi connectivity index (χ3n) is 8.39. The van der Waals surface area contributed by atoms with E-state index in [4.69, 9.17) is 19.5 Å². The molecule has 0 radical (unpaired) electrons. The van der Waals surface area contributed by atoms with Crippen molar-refractivity contribution < 1.29 is 19.4 Å². The molecule has 0 amide bonds. The number of aliphatic imine (C=N–C) groups is 2. The summed E-state index contributed by atoms with van der Waals surface area (Å²) >= 11 is 0. The van der Waals surface area contributed by atoms with Crippen LogP contribution in [-0.2, 0) is 15.2 Å². The maximum absolute atomic E-state index is 11.1. The van der Waals surface area contributed by atoms with Crippen LogP contribution in [0.5, 0.6) is 5.75 Å². The Labute approximate surface area is 274 Å². The van der Waals surface area contributed by atoms with Gasteiger partial charge in [0, 0.05) is 22.8 Å². The lowest BCUT2D eigenvalue weighted by Gasteiger charge is -2.34. The third kappa shape index (κ3) is 9.09. The highest BCUT2D eigenvalue weighted by Gasteiger charge is 2.41. The average molecular weight is 624 g/mol. The van der Waals surface area contributed by atoms with Gasteiger partial charge in [-0.2, -0.15) is 4.99 Å². The van der Waals surface area contributed by atoms with Crippen LogP contribution in [0.2, 0.25) is 0 Å². The number of ether oxygens (including phenoxy) is 2. The largest absolute Gasteiger partial charge is 0.493 e. The van der Waals surface area contributed by atoms with E-state index >= 15 is 0 Å². The first kappa shape index (κ1) is 34.5. The minimum atomic E-state index is -1.23. The molecular formula is C39H49N3O4. The smallest absolute Gasteiger partial charge is 0.330 e. The van der Waals surface area contributed by atoms with Crippen molar-refractivity contribution in [2.75, 3.05) is 13.2 Å². The number of benzene rings is 3. The van der Waals surface area contributed by atoms with Gasteiger partial charge in [0.15, 0.2) is 0 Å². The minimum absolute atomic E-state index is 0.184. The average Bonchev–Trinajstić information content (AvgIpc) is 3.02. The second kappa shape index (κ2) is 16.8. The third-order valence-corrected chi connectivity index (χ3v) is 8.39. The minimum Gasteiger partial charge on any atom is -0.493 e. The number of aliphatic hydroxyl groups excluding tert-OH is 1. The number of rotatable bonds is 17. The highest BCUT2D eigenvalue weighted by Crippen LogP contribution is 2.43. The second-order valence-electron chi connectivity index (χ2n) is 12.2. The molecule has 0 fully saturated rings. The molecule has 1 heterocycles. The molecule has 4 rings (SSSR count).